The molecule has 1 aliphatic heterocycles. The molecular weight excluding hydrogens is 254 g/mol. The molecule has 0 atom stereocenters. The third kappa shape index (κ3) is 1.58. The van der Waals surface area contributed by atoms with Gasteiger partial charge in [-0.3, -0.25) is 0 Å². The molecule has 0 amide bonds. The van der Waals surface area contributed by atoms with Crippen LogP contribution in [0.5, 0.6) is 0 Å². The molecule has 0 saturated heterocycles. The first kappa shape index (κ1) is 11.1. The maximum absolute atomic E-state index is 11.5. The average Bonchev–Trinajstić information content (AvgIpc) is 2.93. The van der Waals surface area contributed by atoms with Crippen LogP contribution in [0.3, 0.4) is 0 Å². The van der Waals surface area contributed by atoms with Crippen LogP contribution in [0.4, 0.5) is 0 Å². The number of esters is 2. The van der Waals surface area contributed by atoms with Crippen LogP contribution in [0, 0.1) is 0 Å². The fourth-order valence-corrected chi connectivity index (χ4v) is 1.73. The van der Waals surface area contributed by atoms with Crippen molar-refractivity contribution < 1.29 is 24.2 Å². The van der Waals surface area contributed by atoms with Crippen molar-refractivity contribution in [1.29, 1.82) is 0 Å². The molecule has 0 aliphatic carbocycles. The summed E-state index contributed by atoms with van der Waals surface area (Å²) in [6.07, 6.45) is 0. The zero-order chi connectivity index (χ0) is 13.6. The number of carbonyl (C=O) groups excluding carboxylic acids is 2. The molecule has 0 saturated carbocycles. The molecule has 19 heavy (non-hydrogen) atoms. The average molecular weight is 259 g/mol. The lowest BCUT2D eigenvalue weighted by Gasteiger charge is -2.03. The summed E-state index contributed by atoms with van der Waals surface area (Å²) in [6.45, 7) is 0. The molecule has 1 aromatic heterocycles. The van der Waals surface area contributed by atoms with Gasteiger partial charge in [0.05, 0.1) is 11.3 Å². The van der Waals surface area contributed by atoms with E-state index in [1.807, 2.05) is 0 Å². The summed E-state index contributed by atoms with van der Waals surface area (Å²) in [5, 5.41) is 16.1. The lowest BCUT2D eigenvalue weighted by molar-refractivity contribution is 0.0433. The zero-order valence-electron chi connectivity index (χ0n) is 9.23. The van der Waals surface area contributed by atoms with Gasteiger partial charge in [0.2, 0.25) is 5.69 Å². The Hall–Kier alpha value is -3.03. The monoisotopic (exact) mass is 259 g/mol. The van der Waals surface area contributed by atoms with Crippen LogP contribution in [-0.2, 0) is 4.74 Å². The van der Waals surface area contributed by atoms with E-state index in [1.165, 1.54) is 24.3 Å². The summed E-state index contributed by atoms with van der Waals surface area (Å²) in [5.74, 6) is -2.83. The van der Waals surface area contributed by atoms with Crippen molar-refractivity contribution in [2.24, 2.45) is 0 Å². The molecule has 3 rings (SSSR count). The number of hydrogen-bond acceptors (Lipinski definition) is 6. The molecular formula is C11H5N3O5. The third-order valence-electron chi connectivity index (χ3n) is 2.58. The van der Waals surface area contributed by atoms with Gasteiger partial charge in [-0.25, -0.2) is 19.1 Å². The van der Waals surface area contributed by atoms with Gasteiger partial charge in [-0.1, -0.05) is 11.3 Å². The highest BCUT2D eigenvalue weighted by molar-refractivity contribution is 6.12. The van der Waals surface area contributed by atoms with E-state index < -0.39 is 17.9 Å². The second kappa shape index (κ2) is 3.73. The number of aromatic nitrogens is 3. The predicted molar refractivity (Wildman–Crippen MR) is 58.1 cm³/mol. The number of hydrogen-bond donors (Lipinski definition) is 1. The minimum atomic E-state index is -1.11. The second-order valence-corrected chi connectivity index (χ2v) is 3.73. The first-order valence-electron chi connectivity index (χ1n) is 5.14. The number of nitrogens with zero attached hydrogens (tertiary/aromatic N) is 3. The van der Waals surface area contributed by atoms with E-state index in [0.29, 0.717) is 5.69 Å². The molecule has 0 unspecified atom stereocenters. The van der Waals surface area contributed by atoms with E-state index in [0.717, 1.165) is 4.68 Å². The maximum atomic E-state index is 11.5. The van der Waals surface area contributed by atoms with Gasteiger partial charge in [-0.2, -0.15) is 0 Å². The van der Waals surface area contributed by atoms with Crippen LogP contribution in [0.1, 0.15) is 31.3 Å². The molecule has 0 radical (unpaired) electrons. The van der Waals surface area contributed by atoms with Crippen molar-refractivity contribution in [3.8, 4) is 5.69 Å². The largest absolute Gasteiger partial charge is 0.478 e. The maximum Gasteiger partial charge on any atom is 0.369 e. The Balaban J connectivity index is 2.17. The number of benzene rings is 1. The highest BCUT2D eigenvalue weighted by Crippen LogP contribution is 2.21. The van der Waals surface area contributed by atoms with E-state index in [1.54, 1.807) is 0 Å². The van der Waals surface area contributed by atoms with Crippen molar-refractivity contribution >= 4 is 17.9 Å². The Morgan fingerprint density at radius 3 is 2.79 bits per heavy atom. The Bertz CT molecular complexity index is 734. The van der Waals surface area contributed by atoms with Crippen LogP contribution >= 0.6 is 0 Å². The summed E-state index contributed by atoms with van der Waals surface area (Å²) in [7, 11) is 0. The Morgan fingerprint density at radius 1 is 1.26 bits per heavy atom. The first-order chi connectivity index (χ1) is 9.08. The minimum absolute atomic E-state index is 0.0273. The smallest absolute Gasteiger partial charge is 0.369 e. The van der Waals surface area contributed by atoms with Gasteiger partial charge in [0.1, 0.15) is 0 Å². The van der Waals surface area contributed by atoms with Gasteiger partial charge < -0.3 is 9.84 Å². The van der Waals surface area contributed by atoms with Crippen LogP contribution < -0.4 is 0 Å². The first-order valence-corrected chi connectivity index (χ1v) is 5.14. The second-order valence-electron chi connectivity index (χ2n) is 3.73. The van der Waals surface area contributed by atoms with Crippen molar-refractivity contribution in [2.75, 3.05) is 0 Å². The molecule has 0 bridgehead atoms. The standard InChI is InChI=1S/C11H5N3O5/c15-9(16)5-2-1-3-6(4-5)14-8-7(12-13-14)10(17)19-11(8)18/h1-4H,(H,15,16). The lowest BCUT2D eigenvalue weighted by Crippen LogP contribution is -2.09. The van der Waals surface area contributed by atoms with Crippen molar-refractivity contribution in [2.45, 2.75) is 0 Å². The fraction of sp³-hybridized carbons (Fsp3) is 0. The number of fused-ring (bicyclic) bond motifs is 1. The fourth-order valence-electron chi connectivity index (χ4n) is 1.73. The number of rotatable bonds is 2. The Labute approximate surface area is 105 Å². The third-order valence-corrected chi connectivity index (χ3v) is 2.58. The van der Waals surface area contributed by atoms with Crippen molar-refractivity contribution in [1.82, 2.24) is 15.0 Å². The van der Waals surface area contributed by atoms with E-state index in [2.05, 4.69) is 15.0 Å². The number of ether oxygens (including phenoxy) is 1. The Kier molecular flexibility index (Phi) is 2.18. The highest BCUT2D eigenvalue weighted by atomic mass is 16.6. The molecule has 8 heteroatoms. The summed E-state index contributed by atoms with van der Waals surface area (Å²) in [4.78, 5) is 33.6. The molecule has 2 aromatic rings. The molecule has 1 aliphatic rings. The van der Waals surface area contributed by atoms with Gasteiger partial charge in [-0.05, 0) is 18.2 Å². The quantitative estimate of drug-likeness (QED) is 0.608. The number of carboxylic acid groups (broad SMARTS) is 1. The Morgan fingerprint density at radius 2 is 2.05 bits per heavy atom. The number of aromatic carboxylic acids is 1. The van der Waals surface area contributed by atoms with E-state index in [9.17, 15) is 14.4 Å². The van der Waals surface area contributed by atoms with Crippen LogP contribution in [0.2, 0.25) is 0 Å². The van der Waals surface area contributed by atoms with Crippen LogP contribution in [0.15, 0.2) is 24.3 Å². The summed E-state index contributed by atoms with van der Waals surface area (Å²) in [6, 6.07) is 5.74. The SMILES string of the molecule is O=C(O)c1cccc(-n2nnc3c2C(=O)OC3=O)c1. The van der Waals surface area contributed by atoms with E-state index >= 15 is 0 Å². The normalized spacial score (nSPS) is 13.3. The molecule has 0 spiro atoms. The van der Waals surface area contributed by atoms with Crippen molar-refractivity contribution in [3.63, 3.8) is 0 Å². The highest BCUT2D eigenvalue weighted by Gasteiger charge is 2.37. The van der Waals surface area contributed by atoms with Gasteiger partial charge in [0.25, 0.3) is 0 Å². The van der Waals surface area contributed by atoms with Gasteiger partial charge in [0.15, 0.2) is 5.69 Å². The topological polar surface area (TPSA) is 111 Å². The molecule has 8 nitrogen and oxygen atoms in total. The molecule has 1 aromatic carbocycles. The summed E-state index contributed by atoms with van der Waals surface area (Å²) in [5.41, 5.74) is 0.0537. The summed E-state index contributed by atoms with van der Waals surface area (Å²) < 4.78 is 5.47. The minimum Gasteiger partial charge on any atom is -0.478 e. The number of cyclic esters (lactones) is 2. The van der Waals surface area contributed by atoms with E-state index in [-0.39, 0.29) is 17.0 Å². The molecule has 1 N–H and O–H groups in total. The van der Waals surface area contributed by atoms with E-state index in [4.69, 9.17) is 5.11 Å². The zero-order valence-corrected chi connectivity index (χ0v) is 9.23. The van der Waals surface area contributed by atoms with Crippen molar-refractivity contribution in [3.05, 3.63) is 41.2 Å². The lowest BCUT2D eigenvalue weighted by atomic mass is 10.2. The van der Waals surface area contributed by atoms with Crippen LogP contribution in [-0.4, -0.2) is 38.0 Å². The number of carbonyl (C=O) groups is 3. The van der Waals surface area contributed by atoms with Gasteiger partial charge >= 0.3 is 17.9 Å². The van der Waals surface area contributed by atoms with Gasteiger partial charge in [0, 0.05) is 0 Å². The van der Waals surface area contributed by atoms with Gasteiger partial charge in [-0.15, -0.1) is 5.10 Å². The summed E-state index contributed by atoms with van der Waals surface area (Å²) >= 11 is 0. The molecule has 94 valence electrons. The predicted octanol–water partition coefficient (Wildman–Crippen LogP) is 0.276. The number of carboxylic acids is 1. The molecule has 0 fully saturated rings. The molecule has 2 heterocycles. The van der Waals surface area contributed by atoms with Crippen LogP contribution in [0.25, 0.3) is 5.69 Å².